The highest BCUT2D eigenvalue weighted by Gasteiger charge is 2.50. The topological polar surface area (TPSA) is 53.1 Å². The fourth-order valence-corrected chi connectivity index (χ4v) is 6.26. The van der Waals surface area contributed by atoms with Crippen molar-refractivity contribution in [2.24, 2.45) is 5.41 Å². The molecule has 2 amide bonds. The third kappa shape index (κ3) is 5.66. The SMILES string of the molecule is O=C(CN1CCC[C@@]2(C[C@@H](Oc3cccc(Cl)c3)CN(c3ccc(Cl)cc3)C2=O)C1)N1CCCCC1. The second kappa shape index (κ2) is 11.0. The maximum atomic E-state index is 14.1. The Morgan fingerprint density at radius 3 is 2.50 bits per heavy atom. The largest absolute Gasteiger partial charge is 0.488 e. The normalized spacial score (nSPS) is 25.3. The van der Waals surface area contributed by atoms with E-state index >= 15 is 0 Å². The molecule has 0 aromatic heterocycles. The quantitative estimate of drug-likeness (QED) is 0.529. The van der Waals surface area contributed by atoms with E-state index in [0.29, 0.717) is 41.8 Å². The van der Waals surface area contributed by atoms with Crippen molar-refractivity contribution in [3.63, 3.8) is 0 Å². The van der Waals surface area contributed by atoms with E-state index in [0.717, 1.165) is 51.0 Å². The molecule has 0 radical (unpaired) electrons. The molecule has 0 bridgehead atoms. The van der Waals surface area contributed by atoms with Crippen LogP contribution < -0.4 is 9.64 Å². The molecule has 3 heterocycles. The lowest BCUT2D eigenvalue weighted by atomic mass is 9.72. The summed E-state index contributed by atoms with van der Waals surface area (Å²) >= 11 is 12.3. The average Bonchev–Trinajstić information content (AvgIpc) is 2.87. The summed E-state index contributed by atoms with van der Waals surface area (Å²) in [6.07, 6.45) is 5.40. The molecular formula is C28H33Cl2N3O3. The molecule has 1 spiro atoms. The molecule has 3 fully saturated rings. The number of rotatable bonds is 5. The second-order valence-electron chi connectivity index (χ2n) is 10.3. The van der Waals surface area contributed by atoms with Gasteiger partial charge in [0.15, 0.2) is 0 Å². The van der Waals surface area contributed by atoms with Crippen LogP contribution in [0.3, 0.4) is 0 Å². The average molecular weight is 530 g/mol. The van der Waals surface area contributed by atoms with E-state index in [9.17, 15) is 9.59 Å². The standard InChI is InChI=1S/C28H33Cl2N3O3/c29-21-8-10-23(11-9-21)33-18-25(36-24-7-4-6-22(30)16-24)17-28(27(33)35)12-5-13-31(20-28)19-26(34)32-14-2-1-3-15-32/h4,6-11,16,25H,1-3,5,12-15,17-20H2/t25-,28-/m1/s1. The van der Waals surface area contributed by atoms with Crippen molar-refractivity contribution in [1.29, 1.82) is 0 Å². The Morgan fingerprint density at radius 1 is 0.972 bits per heavy atom. The summed E-state index contributed by atoms with van der Waals surface area (Å²) in [6, 6.07) is 14.8. The molecule has 0 unspecified atom stereocenters. The number of benzene rings is 2. The predicted molar refractivity (Wildman–Crippen MR) is 143 cm³/mol. The summed E-state index contributed by atoms with van der Waals surface area (Å²) in [5.41, 5.74) is 0.200. The Kier molecular flexibility index (Phi) is 7.75. The van der Waals surface area contributed by atoms with Crippen molar-refractivity contribution >= 4 is 40.7 Å². The molecule has 8 heteroatoms. The number of carbonyl (C=O) groups is 2. The van der Waals surface area contributed by atoms with Gasteiger partial charge in [-0.1, -0.05) is 29.3 Å². The van der Waals surface area contributed by atoms with Crippen molar-refractivity contribution in [3.8, 4) is 5.75 Å². The lowest BCUT2D eigenvalue weighted by Gasteiger charge is -2.49. The first-order valence-corrected chi connectivity index (χ1v) is 13.7. The Balaban J connectivity index is 1.38. The smallest absolute Gasteiger partial charge is 0.236 e. The number of likely N-dealkylation sites (tertiary alicyclic amines) is 2. The van der Waals surface area contributed by atoms with E-state index in [1.54, 1.807) is 0 Å². The van der Waals surface area contributed by atoms with Crippen LogP contribution in [0.15, 0.2) is 48.5 Å². The molecule has 3 aliphatic heterocycles. The van der Waals surface area contributed by atoms with Gasteiger partial charge in [-0.2, -0.15) is 0 Å². The van der Waals surface area contributed by atoms with Crippen molar-refractivity contribution in [1.82, 2.24) is 9.80 Å². The molecule has 3 aliphatic rings. The van der Waals surface area contributed by atoms with Crippen LogP contribution in [0.2, 0.25) is 10.0 Å². The number of halogens is 2. The maximum Gasteiger partial charge on any atom is 0.236 e. The zero-order chi connectivity index (χ0) is 25.1. The second-order valence-corrected chi connectivity index (χ2v) is 11.2. The third-order valence-corrected chi connectivity index (χ3v) is 8.15. The molecule has 3 saturated heterocycles. The van der Waals surface area contributed by atoms with E-state index < -0.39 is 5.41 Å². The molecule has 0 saturated carbocycles. The lowest BCUT2D eigenvalue weighted by Crippen LogP contribution is -2.61. The Hall–Kier alpha value is -2.28. The van der Waals surface area contributed by atoms with E-state index in [-0.39, 0.29) is 17.9 Å². The summed E-state index contributed by atoms with van der Waals surface area (Å²) in [5, 5.41) is 1.24. The summed E-state index contributed by atoms with van der Waals surface area (Å²) < 4.78 is 6.40. The van der Waals surface area contributed by atoms with Gasteiger partial charge >= 0.3 is 0 Å². The number of ether oxygens (including phenoxy) is 1. The summed E-state index contributed by atoms with van der Waals surface area (Å²) in [4.78, 5) is 33.1. The van der Waals surface area contributed by atoms with Gasteiger partial charge in [-0.15, -0.1) is 0 Å². The number of carbonyl (C=O) groups excluding carboxylic acids is 2. The Morgan fingerprint density at radius 2 is 1.75 bits per heavy atom. The van der Waals surface area contributed by atoms with Crippen LogP contribution in [0.1, 0.15) is 38.5 Å². The van der Waals surface area contributed by atoms with Crippen molar-refractivity contribution in [2.75, 3.05) is 44.2 Å². The van der Waals surface area contributed by atoms with Gasteiger partial charge in [0, 0.05) is 41.8 Å². The first-order chi connectivity index (χ1) is 17.4. The van der Waals surface area contributed by atoms with Gasteiger partial charge in [-0.25, -0.2) is 0 Å². The minimum atomic E-state index is -0.610. The van der Waals surface area contributed by atoms with Crippen LogP contribution in [0.4, 0.5) is 5.69 Å². The highest BCUT2D eigenvalue weighted by Crippen LogP contribution is 2.42. The van der Waals surface area contributed by atoms with E-state index in [2.05, 4.69) is 4.90 Å². The monoisotopic (exact) mass is 529 g/mol. The molecule has 6 nitrogen and oxygen atoms in total. The number of hydrogen-bond donors (Lipinski definition) is 0. The molecule has 0 aliphatic carbocycles. The van der Waals surface area contributed by atoms with E-state index in [1.165, 1.54) is 6.42 Å². The molecular weight excluding hydrogens is 497 g/mol. The van der Waals surface area contributed by atoms with Crippen LogP contribution in [-0.2, 0) is 9.59 Å². The fraction of sp³-hybridized carbons (Fsp3) is 0.500. The van der Waals surface area contributed by atoms with Gasteiger partial charge in [0.2, 0.25) is 11.8 Å². The Labute approximate surface area is 223 Å². The van der Waals surface area contributed by atoms with Crippen LogP contribution in [0.5, 0.6) is 5.75 Å². The van der Waals surface area contributed by atoms with Crippen LogP contribution in [-0.4, -0.2) is 67.0 Å². The zero-order valence-corrected chi connectivity index (χ0v) is 22.0. The number of nitrogens with zero attached hydrogens (tertiary/aromatic N) is 3. The van der Waals surface area contributed by atoms with Gasteiger partial charge < -0.3 is 14.5 Å². The van der Waals surface area contributed by atoms with E-state index in [4.69, 9.17) is 27.9 Å². The molecule has 2 aromatic rings. The van der Waals surface area contributed by atoms with E-state index in [1.807, 2.05) is 58.3 Å². The Bertz CT molecular complexity index is 1090. The maximum absolute atomic E-state index is 14.1. The van der Waals surface area contributed by atoms with Gasteiger partial charge in [0.25, 0.3) is 0 Å². The van der Waals surface area contributed by atoms with Crippen molar-refractivity contribution in [2.45, 2.75) is 44.6 Å². The molecule has 36 heavy (non-hydrogen) atoms. The first kappa shape index (κ1) is 25.4. The molecule has 2 aromatic carbocycles. The van der Waals surface area contributed by atoms with Crippen LogP contribution >= 0.6 is 23.2 Å². The molecule has 0 N–H and O–H groups in total. The highest BCUT2D eigenvalue weighted by atomic mass is 35.5. The van der Waals surface area contributed by atoms with Gasteiger partial charge in [-0.05, 0) is 81.1 Å². The first-order valence-electron chi connectivity index (χ1n) is 12.9. The van der Waals surface area contributed by atoms with Crippen LogP contribution in [0.25, 0.3) is 0 Å². The minimum absolute atomic E-state index is 0.103. The summed E-state index contributed by atoms with van der Waals surface area (Å²) in [5.74, 6) is 0.975. The van der Waals surface area contributed by atoms with Gasteiger partial charge in [-0.3, -0.25) is 14.5 Å². The van der Waals surface area contributed by atoms with Gasteiger partial charge in [0.1, 0.15) is 11.9 Å². The van der Waals surface area contributed by atoms with Crippen molar-refractivity contribution < 1.29 is 14.3 Å². The molecule has 5 rings (SSSR count). The number of amides is 2. The number of hydrogen-bond acceptors (Lipinski definition) is 4. The third-order valence-electron chi connectivity index (χ3n) is 7.66. The molecule has 192 valence electrons. The number of anilines is 1. The van der Waals surface area contributed by atoms with Crippen molar-refractivity contribution in [3.05, 3.63) is 58.6 Å². The minimum Gasteiger partial charge on any atom is -0.488 e. The molecule has 2 atom stereocenters. The summed E-state index contributed by atoms with van der Waals surface area (Å²) in [7, 11) is 0. The van der Waals surface area contributed by atoms with Gasteiger partial charge in [0.05, 0.1) is 18.5 Å². The zero-order valence-electron chi connectivity index (χ0n) is 20.5. The lowest BCUT2D eigenvalue weighted by molar-refractivity contribution is -0.141. The number of piperidine rings is 3. The highest BCUT2D eigenvalue weighted by molar-refractivity contribution is 6.31. The predicted octanol–water partition coefficient (Wildman–Crippen LogP) is 5.27. The van der Waals surface area contributed by atoms with Crippen LogP contribution in [0, 0.1) is 5.41 Å². The summed E-state index contributed by atoms with van der Waals surface area (Å²) in [6.45, 7) is 3.89. The fourth-order valence-electron chi connectivity index (χ4n) is 5.95.